The van der Waals surface area contributed by atoms with E-state index in [1.54, 1.807) is 7.05 Å². The van der Waals surface area contributed by atoms with E-state index in [1.165, 1.54) is 16.1 Å². The summed E-state index contributed by atoms with van der Waals surface area (Å²) in [6, 6.07) is 11.4. The van der Waals surface area contributed by atoms with Gasteiger partial charge >= 0.3 is 0 Å². The van der Waals surface area contributed by atoms with Crippen molar-refractivity contribution in [2.75, 3.05) is 19.8 Å². The van der Waals surface area contributed by atoms with Crippen molar-refractivity contribution in [3.8, 4) is 0 Å². The Labute approximate surface area is 134 Å². The van der Waals surface area contributed by atoms with Crippen LogP contribution in [0.15, 0.2) is 30.3 Å². The molecule has 2 atom stereocenters. The van der Waals surface area contributed by atoms with Crippen molar-refractivity contribution in [1.29, 1.82) is 0 Å². The summed E-state index contributed by atoms with van der Waals surface area (Å²) in [5.74, 6) is 0. The summed E-state index contributed by atoms with van der Waals surface area (Å²) < 4.78 is 24.0. The zero-order chi connectivity index (χ0) is 16.0. The molecule has 5 nitrogen and oxygen atoms in total. The first-order chi connectivity index (χ1) is 10.5. The van der Waals surface area contributed by atoms with Gasteiger partial charge in [-0.2, -0.15) is 0 Å². The molecule has 124 valence electrons. The second kappa shape index (κ2) is 8.06. The summed E-state index contributed by atoms with van der Waals surface area (Å²) in [4.78, 5) is 0. The normalized spacial score (nSPS) is 22.3. The summed E-state index contributed by atoms with van der Waals surface area (Å²) in [7, 11) is -1.39. The third-order valence-corrected chi connectivity index (χ3v) is 5.59. The number of hydrazine groups is 1. The lowest BCUT2D eigenvalue weighted by atomic mass is 9.99. The topological polar surface area (TPSA) is 61.4 Å². The average Bonchev–Trinajstić information content (AvgIpc) is 2.95. The van der Waals surface area contributed by atoms with Crippen LogP contribution in [-0.2, 0) is 10.0 Å². The zero-order valence-electron chi connectivity index (χ0n) is 13.5. The van der Waals surface area contributed by atoms with Crippen LogP contribution in [0.5, 0.6) is 0 Å². The van der Waals surface area contributed by atoms with E-state index in [2.05, 4.69) is 35.1 Å². The molecule has 0 radical (unpaired) electrons. The van der Waals surface area contributed by atoms with Crippen LogP contribution in [-0.4, -0.2) is 38.6 Å². The fourth-order valence-corrected chi connectivity index (χ4v) is 3.24. The molecule has 0 aliphatic carbocycles. The molecule has 1 saturated heterocycles. The van der Waals surface area contributed by atoms with E-state index in [1.807, 2.05) is 6.07 Å². The molecule has 2 unspecified atom stereocenters. The zero-order valence-corrected chi connectivity index (χ0v) is 14.3. The third kappa shape index (κ3) is 5.35. The molecule has 0 aromatic heterocycles. The van der Waals surface area contributed by atoms with Crippen molar-refractivity contribution in [3.63, 3.8) is 0 Å². The van der Waals surface area contributed by atoms with Gasteiger partial charge in [-0.05, 0) is 24.8 Å². The van der Waals surface area contributed by atoms with Gasteiger partial charge < -0.3 is 0 Å². The van der Waals surface area contributed by atoms with Crippen LogP contribution in [0.25, 0.3) is 0 Å². The molecule has 0 amide bonds. The van der Waals surface area contributed by atoms with Gasteiger partial charge in [0.15, 0.2) is 0 Å². The Morgan fingerprint density at radius 1 is 1.14 bits per heavy atom. The number of sulfonamides is 1. The minimum atomic E-state index is -3.03. The smallest absolute Gasteiger partial charge is 0.210 e. The lowest BCUT2D eigenvalue weighted by Gasteiger charge is -2.14. The van der Waals surface area contributed by atoms with Crippen LogP contribution in [0, 0.1) is 0 Å². The summed E-state index contributed by atoms with van der Waals surface area (Å²) in [5.41, 5.74) is 8.06. The molecule has 2 rings (SSSR count). The SMILES string of the molecule is CN(CCCCCC1CC(c2ccccc2)NN1)S(C)(=O)=O. The van der Waals surface area contributed by atoms with Crippen molar-refractivity contribution in [1.82, 2.24) is 15.2 Å². The van der Waals surface area contributed by atoms with Crippen LogP contribution in [0.4, 0.5) is 0 Å². The molecule has 0 spiro atoms. The van der Waals surface area contributed by atoms with Crippen LogP contribution < -0.4 is 10.9 Å². The van der Waals surface area contributed by atoms with Crippen LogP contribution in [0.1, 0.15) is 43.7 Å². The second-order valence-corrected chi connectivity index (χ2v) is 8.21. The van der Waals surface area contributed by atoms with Crippen molar-refractivity contribution in [2.24, 2.45) is 0 Å². The Kier molecular flexibility index (Phi) is 6.37. The van der Waals surface area contributed by atoms with Gasteiger partial charge in [0, 0.05) is 25.7 Å². The first-order valence-corrected chi connectivity index (χ1v) is 9.79. The molecule has 1 aliphatic rings. The first kappa shape index (κ1) is 17.4. The molecule has 2 N–H and O–H groups in total. The number of nitrogens with one attached hydrogen (secondary N) is 2. The summed E-state index contributed by atoms with van der Waals surface area (Å²) in [6.07, 6.45) is 6.59. The minimum Gasteiger partial charge on any atom is -0.254 e. The van der Waals surface area contributed by atoms with Gasteiger partial charge in [0.25, 0.3) is 0 Å². The monoisotopic (exact) mass is 325 g/mol. The standard InChI is InChI=1S/C16H27N3O2S/c1-19(22(2,20)21)12-8-4-7-11-15-13-16(18-17-15)14-9-5-3-6-10-14/h3,5-6,9-10,15-18H,4,7-8,11-13H2,1-2H3. The maximum atomic E-state index is 11.3. The van der Waals surface area contributed by atoms with E-state index >= 15 is 0 Å². The van der Waals surface area contributed by atoms with Crippen LogP contribution >= 0.6 is 0 Å². The van der Waals surface area contributed by atoms with Crippen molar-refractivity contribution >= 4 is 10.0 Å². The first-order valence-electron chi connectivity index (χ1n) is 7.94. The molecule has 0 bridgehead atoms. The van der Waals surface area contributed by atoms with E-state index in [0.29, 0.717) is 18.6 Å². The lowest BCUT2D eigenvalue weighted by Crippen LogP contribution is -2.30. The number of unbranched alkanes of at least 4 members (excludes halogenated alkanes) is 2. The van der Waals surface area contributed by atoms with E-state index in [4.69, 9.17) is 0 Å². The van der Waals surface area contributed by atoms with Crippen molar-refractivity contribution in [2.45, 2.75) is 44.2 Å². The molecule has 6 heteroatoms. The summed E-state index contributed by atoms with van der Waals surface area (Å²) >= 11 is 0. The highest BCUT2D eigenvalue weighted by atomic mass is 32.2. The molecule has 1 aromatic rings. The highest BCUT2D eigenvalue weighted by Crippen LogP contribution is 2.24. The fraction of sp³-hybridized carbons (Fsp3) is 0.625. The number of hydrogen-bond acceptors (Lipinski definition) is 4. The predicted molar refractivity (Wildman–Crippen MR) is 89.8 cm³/mol. The predicted octanol–water partition coefficient (Wildman–Crippen LogP) is 2.05. The molecule has 0 saturated carbocycles. The average molecular weight is 325 g/mol. The van der Waals surface area contributed by atoms with Crippen LogP contribution in [0.3, 0.4) is 0 Å². The minimum absolute atomic E-state index is 0.391. The Hall–Kier alpha value is -0.950. The highest BCUT2D eigenvalue weighted by Gasteiger charge is 2.24. The maximum absolute atomic E-state index is 11.3. The van der Waals surface area contributed by atoms with E-state index in [-0.39, 0.29) is 0 Å². The van der Waals surface area contributed by atoms with E-state index < -0.39 is 10.0 Å². The largest absolute Gasteiger partial charge is 0.254 e. The molecule has 1 fully saturated rings. The number of nitrogens with zero attached hydrogens (tertiary/aromatic N) is 1. The Bertz CT molecular complexity index is 548. The van der Waals surface area contributed by atoms with Gasteiger partial charge in [-0.3, -0.25) is 10.9 Å². The van der Waals surface area contributed by atoms with E-state index in [0.717, 1.165) is 32.1 Å². The molecule has 1 heterocycles. The van der Waals surface area contributed by atoms with Crippen molar-refractivity contribution < 1.29 is 8.42 Å². The van der Waals surface area contributed by atoms with Gasteiger partial charge in [0.05, 0.1) is 6.26 Å². The number of rotatable bonds is 8. The van der Waals surface area contributed by atoms with Gasteiger partial charge in [-0.1, -0.05) is 43.2 Å². The third-order valence-electron chi connectivity index (χ3n) is 4.28. The maximum Gasteiger partial charge on any atom is 0.210 e. The van der Waals surface area contributed by atoms with E-state index in [9.17, 15) is 8.42 Å². The van der Waals surface area contributed by atoms with Gasteiger partial charge in [0.2, 0.25) is 10.0 Å². The van der Waals surface area contributed by atoms with Gasteiger partial charge in [-0.15, -0.1) is 0 Å². The van der Waals surface area contributed by atoms with Crippen molar-refractivity contribution in [3.05, 3.63) is 35.9 Å². The Morgan fingerprint density at radius 2 is 1.86 bits per heavy atom. The van der Waals surface area contributed by atoms with Gasteiger partial charge in [0.1, 0.15) is 0 Å². The second-order valence-electron chi connectivity index (χ2n) is 6.12. The fourth-order valence-electron chi connectivity index (χ4n) is 2.78. The quantitative estimate of drug-likeness (QED) is 0.718. The molecule has 1 aliphatic heterocycles. The molecule has 1 aromatic carbocycles. The van der Waals surface area contributed by atoms with Crippen LogP contribution in [0.2, 0.25) is 0 Å². The lowest BCUT2D eigenvalue weighted by molar-refractivity contribution is 0.441. The number of benzene rings is 1. The molecular weight excluding hydrogens is 298 g/mol. The summed E-state index contributed by atoms with van der Waals surface area (Å²) in [5, 5.41) is 0. The number of hydrogen-bond donors (Lipinski definition) is 2. The van der Waals surface area contributed by atoms with Gasteiger partial charge in [-0.25, -0.2) is 12.7 Å². The Morgan fingerprint density at radius 3 is 2.55 bits per heavy atom. The highest BCUT2D eigenvalue weighted by molar-refractivity contribution is 7.88. The molecular formula is C16H27N3O2S. The summed E-state index contributed by atoms with van der Waals surface area (Å²) in [6.45, 7) is 0.613. The molecule has 22 heavy (non-hydrogen) atoms. The Balaban J connectivity index is 1.61.